The summed E-state index contributed by atoms with van der Waals surface area (Å²) in [5.74, 6) is 0.812. The zero-order chi connectivity index (χ0) is 13.5. The van der Waals surface area contributed by atoms with Crippen LogP contribution in [0.25, 0.3) is 0 Å². The maximum Gasteiger partial charge on any atom is 0.145 e. The maximum atomic E-state index is 8.58. The first-order valence-electron chi connectivity index (χ1n) is 5.36. The molecular weight excluding hydrogens is 228 g/mol. The number of nitrogens with zero attached hydrogens (tertiary/aromatic N) is 3. The Balaban J connectivity index is 2.85. The lowest BCUT2D eigenvalue weighted by Gasteiger charge is -2.12. The minimum absolute atomic E-state index is 0.0340. The predicted octanol–water partition coefficient (Wildman–Crippen LogP) is 1.73. The van der Waals surface area contributed by atoms with Crippen molar-refractivity contribution in [2.75, 3.05) is 7.11 Å². The lowest BCUT2D eigenvalue weighted by molar-refractivity contribution is 0.406. The maximum absolute atomic E-state index is 8.58. The van der Waals surface area contributed by atoms with Crippen molar-refractivity contribution in [2.24, 2.45) is 0 Å². The lowest BCUT2D eigenvalue weighted by atomic mass is 10.1. The van der Waals surface area contributed by atoms with E-state index in [9.17, 15) is 0 Å². The van der Waals surface area contributed by atoms with Crippen LogP contribution in [0.5, 0.6) is 5.75 Å². The van der Waals surface area contributed by atoms with Crippen molar-refractivity contribution < 1.29 is 4.74 Å². The van der Waals surface area contributed by atoms with Crippen molar-refractivity contribution in [1.82, 2.24) is 10.3 Å². The summed E-state index contributed by atoms with van der Waals surface area (Å²) in [7, 11) is 1.62. The van der Waals surface area contributed by atoms with Gasteiger partial charge in [-0.3, -0.25) is 4.98 Å². The first-order chi connectivity index (χ1) is 8.63. The van der Waals surface area contributed by atoms with Crippen LogP contribution < -0.4 is 10.1 Å². The van der Waals surface area contributed by atoms with Gasteiger partial charge in [-0.25, -0.2) is 0 Å². The molecule has 1 aromatic rings. The summed E-state index contributed by atoms with van der Waals surface area (Å²) in [4.78, 5) is 4.30. The highest BCUT2D eigenvalue weighted by Gasteiger charge is 2.08. The molecule has 1 heterocycles. The van der Waals surface area contributed by atoms with E-state index in [1.54, 1.807) is 25.4 Å². The molecule has 18 heavy (non-hydrogen) atoms. The van der Waals surface area contributed by atoms with Gasteiger partial charge in [0.25, 0.3) is 0 Å². The number of ether oxygens (including phenoxy) is 1. The Morgan fingerprint density at radius 2 is 2.11 bits per heavy atom. The molecule has 0 unspecified atom stereocenters. The number of aromatic nitrogens is 1. The monoisotopic (exact) mass is 242 g/mol. The summed E-state index contributed by atoms with van der Waals surface area (Å²) in [5, 5.41) is 20.1. The molecule has 0 spiro atoms. The molecule has 0 bridgehead atoms. The van der Waals surface area contributed by atoms with Crippen molar-refractivity contribution in [1.29, 1.82) is 10.5 Å². The smallest absolute Gasteiger partial charge is 0.145 e. The fraction of sp³-hybridized carbons (Fsp3) is 0.308. The molecule has 5 heteroatoms. The van der Waals surface area contributed by atoms with Crippen molar-refractivity contribution >= 4 is 0 Å². The summed E-state index contributed by atoms with van der Waals surface area (Å²) in [5.41, 5.74) is 2.79. The molecule has 1 aromatic heterocycles. The number of hydrogen-bond acceptors (Lipinski definition) is 5. The molecule has 0 saturated carbocycles. The number of allylic oxidation sites excluding steroid dienone is 1. The molecule has 0 fully saturated rings. The highest BCUT2D eigenvalue weighted by atomic mass is 16.5. The van der Waals surface area contributed by atoms with Crippen molar-refractivity contribution in [3.05, 3.63) is 34.8 Å². The zero-order valence-corrected chi connectivity index (χ0v) is 10.6. The fourth-order valence-electron chi connectivity index (χ4n) is 1.59. The number of methoxy groups -OCH3 is 1. The zero-order valence-electron chi connectivity index (χ0n) is 10.6. The Hall–Kier alpha value is -2.53. The third kappa shape index (κ3) is 2.99. The average Bonchev–Trinajstić information content (AvgIpc) is 2.37. The fourth-order valence-corrected chi connectivity index (χ4v) is 1.59. The minimum Gasteiger partial charge on any atom is -0.496 e. The van der Waals surface area contributed by atoms with Crippen LogP contribution in [0.3, 0.4) is 0 Å². The van der Waals surface area contributed by atoms with E-state index in [1.807, 2.05) is 13.8 Å². The number of nitrogens with one attached hydrogen (secondary N) is 1. The Kier molecular flexibility index (Phi) is 4.71. The molecule has 0 radical (unpaired) electrons. The second-order valence-electron chi connectivity index (χ2n) is 3.71. The van der Waals surface area contributed by atoms with Crippen LogP contribution in [0.2, 0.25) is 0 Å². The molecule has 0 saturated heterocycles. The number of hydrogen-bond donors (Lipinski definition) is 1. The van der Waals surface area contributed by atoms with E-state index in [0.29, 0.717) is 6.54 Å². The molecule has 0 aromatic carbocycles. The molecule has 0 atom stereocenters. The quantitative estimate of drug-likeness (QED) is 0.813. The van der Waals surface area contributed by atoms with Crippen molar-refractivity contribution in [3.8, 4) is 17.9 Å². The number of aryl methyl sites for hydroxylation is 1. The number of nitriles is 2. The van der Waals surface area contributed by atoms with Crippen LogP contribution in [0, 0.1) is 36.5 Å². The van der Waals surface area contributed by atoms with Gasteiger partial charge in [0, 0.05) is 23.5 Å². The van der Waals surface area contributed by atoms with E-state index in [1.165, 1.54) is 6.20 Å². The minimum atomic E-state index is 0.0340. The molecule has 92 valence electrons. The highest BCUT2D eigenvalue weighted by Crippen LogP contribution is 2.23. The normalized spacial score (nSPS) is 8.94. The van der Waals surface area contributed by atoms with Gasteiger partial charge in [0.15, 0.2) is 0 Å². The molecule has 0 aliphatic heterocycles. The van der Waals surface area contributed by atoms with Crippen LogP contribution in [-0.4, -0.2) is 12.1 Å². The largest absolute Gasteiger partial charge is 0.496 e. The summed E-state index contributed by atoms with van der Waals surface area (Å²) in [6, 6.07) is 3.55. The van der Waals surface area contributed by atoms with Crippen LogP contribution in [-0.2, 0) is 6.54 Å². The Bertz CT molecular complexity index is 533. The van der Waals surface area contributed by atoms with Gasteiger partial charge in [-0.05, 0) is 13.8 Å². The Morgan fingerprint density at radius 1 is 1.44 bits per heavy atom. The van der Waals surface area contributed by atoms with Gasteiger partial charge in [-0.1, -0.05) is 0 Å². The lowest BCUT2D eigenvalue weighted by Crippen LogP contribution is -2.10. The van der Waals surface area contributed by atoms with Crippen LogP contribution in [0.4, 0.5) is 0 Å². The van der Waals surface area contributed by atoms with Crippen molar-refractivity contribution in [3.63, 3.8) is 0 Å². The van der Waals surface area contributed by atoms with Gasteiger partial charge in [-0.15, -0.1) is 0 Å². The summed E-state index contributed by atoms with van der Waals surface area (Å²) >= 11 is 0. The van der Waals surface area contributed by atoms with E-state index >= 15 is 0 Å². The van der Waals surface area contributed by atoms with Gasteiger partial charge >= 0.3 is 0 Å². The molecule has 0 aliphatic rings. The SMILES string of the molecule is COc1c(C)cnc(CNC=C(C#N)C#N)c1C. The second-order valence-corrected chi connectivity index (χ2v) is 3.71. The van der Waals surface area contributed by atoms with E-state index in [4.69, 9.17) is 15.3 Å². The Labute approximate surface area is 106 Å². The highest BCUT2D eigenvalue weighted by molar-refractivity contribution is 5.41. The first-order valence-corrected chi connectivity index (χ1v) is 5.36. The molecule has 0 amide bonds. The van der Waals surface area contributed by atoms with Gasteiger partial charge in [0.1, 0.15) is 23.5 Å². The van der Waals surface area contributed by atoms with Gasteiger partial charge in [0.05, 0.1) is 19.3 Å². The van der Waals surface area contributed by atoms with Crippen molar-refractivity contribution in [2.45, 2.75) is 20.4 Å². The van der Waals surface area contributed by atoms with Gasteiger partial charge in [-0.2, -0.15) is 10.5 Å². The topological polar surface area (TPSA) is 81.7 Å². The molecule has 5 nitrogen and oxygen atoms in total. The number of rotatable bonds is 4. The van der Waals surface area contributed by atoms with Gasteiger partial charge < -0.3 is 10.1 Å². The standard InChI is InChI=1S/C13H14N4O/c1-9-6-17-12(10(2)13(9)18-3)8-16-7-11(4-14)5-15/h6-7,16H,8H2,1-3H3. The molecule has 0 aliphatic carbocycles. The van der Waals surface area contributed by atoms with E-state index in [-0.39, 0.29) is 5.57 Å². The van der Waals surface area contributed by atoms with E-state index in [2.05, 4.69) is 10.3 Å². The van der Waals surface area contributed by atoms with Crippen LogP contribution in [0.15, 0.2) is 18.0 Å². The average molecular weight is 242 g/mol. The summed E-state index contributed by atoms with van der Waals surface area (Å²) in [6.07, 6.45) is 3.12. The molecule has 1 rings (SSSR count). The second kappa shape index (κ2) is 6.27. The Morgan fingerprint density at radius 3 is 2.67 bits per heavy atom. The predicted molar refractivity (Wildman–Crippen MR) is 66.4 cm³/mol. The third-order valence-electron chi connectivity index (χ3n) is 2.51. The van der Waals surface area contributed by atoms with Gasteiger partial charge in [0.2, 0.25) is 0 Å². The van der Waals surface area contributed by atoms with Crippen LogP contribution in [0.1, 0.15) is 16.8 Å². The van der Waals surface area contributed by atoms with Crippen LogP contribution >= 0.6 is 0 Å². The first kappa shape index (κ1) is 13.5. The third-order valence-corrected chi connectivity index (χ3v) is 2.51. The molecule has 1 N–H and O–H groups in total. The summed E-state index contributed by atoms with van der Waals surface area (Å²) in [6.45, 7) is 4.30. The number of pyridine rings is 1. The van der Waals surface area contributed by atoms with E-state index < -0.39 is 0 Å². The summed E-state index contributed by atoms with van der Waals surface area (Å²) < 4.78 is 5.30. The molecular formula is C13H14N4O. The van der Waals surface area contributed by atoms with E-state index in [0.717, 1.165) is 22.6 Å².